The molecule has 0 aliphatic heterocycles. The second kappa shape index (κ2) is 3.81. The summed E-state index contributed by atoms with van der Waals surface area (Å²) in [6.07, 6.45) is 0.861. The minimum atomic E-state index is -4.76. The fourth-order valence-corrected chi connectivity index (χ4v) is 2.81. The van der Waals surface area contributed by atoms with Gasteiger partial charge in [0.1, 0.15) is 6.33 Å². The van der Waals surface area contributed by atoms with E-state index in [1.54, 1.807) is 0 Å². The highest BCUT2D eigenvalue weighted by Crippen LogP contribution is 2.37. The number of alkyl halides is 2. The topological polar surface area (TPSA) is 75.7 Å². The van der Waals surface area contributed by atoms with Crippen LogP contribution in [0.1, 0.15) is 6.92 Å². The molecule has 1 rings (SSSR count). The molecule has 0 atom stereocenters. The van der Waals surface area contributed by atoms with Crippen LogP contribution in [0.25, 0.3) is 0 Å². The Bertz CT molecular complexity index is 389. The average Bonchev–Trinajstić information content (AvgIpc) is 2.55. The van der Waals surface area contributed by atoms with E-state index in [4.69, 9.17) is 0 Å². The number of sulfone groups is 1. The van der Waals surface area contributed by atoms with Crippen LogP contribution in [0.2, 0.25) is 0 Å². The van der Waals surface area contributed by atoms with E-state index >= 15 is 0 Å². The molecule has 0 fully saturated rings. The number of nitrogens with one attached hydrogen (secondary N) is 1. The molecule has 1 aromatic heterocycles. The summed E-state index contributed by atoms with van der Waals surface area (Å²) in [5, 5.41) is 4.29. The van der Waals surface area contributed by atoms with Gasteiger partial charge in [-0.15, -0.1) is 0 Å². The number of rotatable bonds is 4. The highest BCUT2D eigenvalue weighted by molar-refractivity contribution is 8.14. The second-order valence-corrected chi connectivity index (χ2v) is 5.73. The van der Waals surface area contributed by atoms with Crippen molar-refractivity contribution in [3.05, 3.63) is 6.33 Å². The summed E-state index contributed by atoms with van der Waals surface area (Å²) in [6.45, 7) is 1.44. The van der Waals surface area contributed by atoms with E-state index in [2.05, 4.69) is 10.1 Å². The Morgan fingerprint density at radius 2 is 2.29 bits per heavy atom. The van der Waals surface area contributed by atoms with Crippen molar-refractivity contribution in [1.29, 1.82) is 0 Å². The van der Waals surface area contributed by atoms with Crippen LogP contribution in [-0.4, -0.2) is 33.9 Å². The van der Waals surface area contributed by atoms with Crippen LogP contribution in [0, 0.1) is 0 Å². The van der Waals surface area contributed by atoms with Gasteiger partial charge in [0.05, 0.1) is 0 Å². The number of hydrogen-bond donors (Lipinski definition) is 1. The zero-order valence-corrected chi connectivity index (χ0v) is 8.70. The van der Waals surface area contributed by atoms with E-state index in [0.29, 0.717) is 0 Å². The number of thioether (sulfide) groups is 1. The lowest BCUT2D eigenvalue weighted by Gasteiger charge is -2.12. The molecule has 0 unspecified atom stereocenters. The Morgan fingerprint density at radius 1 is 1.64 bits per heavy atom. The Hall–Kier alpha value is -0.700. The van der Waals surface area contributed by atoms with E-state index in [1.807, 2.05) is 5.10 Å². The van der Waals surface area contributed by atoms with Gasteiger partial charge in [-0.3, -0.25) is 0 Å². The molecule has 14 heavy (non-hydrogen) atoms. The van der Waals surface area contributed by atoms with Gasteiger partial charge in [-0.2, -0.15) is 13.9 Å². The second-order valence-electron chi connectivity index (χ2n) is 2.19. The van der Waals surface area contributed by atoms with Crippen LogP contribution in [0.4, 0.5) is 8.78 Å². The molecular formula is C5H7F2N3O2S2. The molecule has 0 spiro atoms. The van der Waals surface area contributed by atoms with Crippen LogP contribution >= 0.6 is 11.8 Å². The summed E-state index contributed by atoms with van der Waals surface area (Å²) < 4.78 is 44.6. The number of halogens is 2. The number of aromatic amines is 1. The summed E-state index contributed by atoms with van der Waals surface area (Å²) in [5.41, 5.74) is 0. The first-order valence-corrected chi connectivity index (χ1v) is 6.00. The molecule has 0 aliphatic rings. The van der Waals surface area contributed by atoms with E-state index < -0.39 is 19.6 Å². The highest BCUT2D eigenvalue weighted by atomic mass is 32.3. The fourth-order valence-electron chi connectivity index (χ4n) is 0.682. The lowest BCUT2D eigenvalue weighted by atomic mass is 11.0. The molecule has 0 aliphatic carbocycles. The molecule has 0 radical (unpaired) electrons. The number of aromatic nitrogens is 3. The van der Waals surface area contributed by atoms with Crippen LogP contribution in [0.3, 0.4) is 0 Å². The number of nitrogens with zero attached hydrogens (tertiary/aromatic N) is 2. The molecule has 0 aromatic carbocycles. The SMILES string of the molecule is CCSC(F)(F)S(=O)(=O)c1ncn[nH]1. The molecule has 1 aromatic rings. The number of hydrogen-bond acceptors (Lipinski definition) is 5. The van der Waals surface area contributed by atoms with Gasteiger partial charge < -0.3 is 0 Å². The molecular weight excluding hydrogens is 236 g/mol. The Labute approximate surface area is 83.2 Å². The predicted octanol–water partition coefficient (Wildman–Crippen LogP) is 0.882. The lowest BCUT2D eigenvalue weighted by molar-refractivity contribution is 0.195. The first kappa shape index (κ1) is 11.4. The Morgan fingerprint density at radius 3 is 2.71 bits per heavy atom. The maximum atomic E-state index is 13.1. The van der Waals surface area contributed by atoms with Gasteiger partial charge in [0.25, 0.3) is 9.84 Å². The van der Waals surface area contributed by atoms with Crippen molar-refractivity contribution in [2.45, 2.75) is 16.7 Å². The molecule has 1 heterocycles. The van der Waals surface area contributed by atoms with Crippen molar-refractivity contribution in [3.8, 4) is 0 Å². The van der Waals surface area contributed by atoms with Crippen LogP contribution in [-0.2, 0) is 9.84 Å². The molecule has 0 saturated heterocycles. The molecule has 0 amide bonds. The van der Waals surface area contributed by atoms with Crippen molar-refractivity contribution >= 4 is 21.6 Å². The van der Waals surface area contributed by atoms with Crippen molar-refractivity contribution < 1.29 is 17.2 Å². The van der Waals surface area contributed by atoms with Gasteiger partial charge in [0.2, 0.25) is 5.16 Å². The largest absolute Gasteiger partial charge is 0.400 e. The van der Waals surface area contributed by atoms with Gasteiger partial charge in [0, 0.05) is 0 Å². The zero-order chi connectivity index (χ0) is 10.8. The van der Waals surface area contributed by atoms with Crippen molar-refractivity contribution in [3.63, 3.8) is 0 Å². The minimum absolute atomic E-state index is 0.0135. The summed E-state index contributed by atoms with van der Waals surface area (Å²) in [7, 11) is -4.76. The first-order valence-electron chi connectivity index (χ1n) is 3.53. The normalized spacial score (nSPS) is 13.1. The first-order chi connectivity index (χ1) is 6.42. The molecule has 80 valence electrons. The summed E-state index contributed by atoms with van der Waals surface area (Å²) >= 11 is 0.0297. The van der Waals surface area contributed by atoms with Gasteiger partial charge in [0.15, 0.2) is 0 Å². The van der Waals surface area contributed by atoms with Crippen LogP contribution < -0.4 is 0 Å². The van der Waals surface area contributed by atoms with E-state index in [-0.39, 0.29) is 17.5 Å². The van der Waals surface area contributed by atoms with Crippen molar-refractivity contribution in [1.82, 2.24) is 15.2 Å². The van der Waals surface area contributed by atoms with Gasteiger partial charge in [-0.05, 0) is 5.75 Å². The van der Waals surface area contributed by atoms with E-state index in [1.165, 1.54) is 6.92 Å². The molecule has 0 saturated carbocycles. The third kappa shape index (κ3) is 1.87. The molecule has 1 N–H and O–H groups in total. The standard InChI is InChI=1S/C5H7F2N3O2S2/c1-2-13-5(6,7)14(11,12)4-8-3-9-10-4/h3H,2H2,1H3,(H,8,9,10). The van der Waals surface area contributed by atoms with Gasteiger partial charge in [-0.25, -0.2) is 18.5 Å². The number of H-pyrrole nitrogens is 1. The third-order valence-corrected chi connectivity index (χ3v) is 4.24. The molecule has 9 heteroatoms. The summed E-state index contributed by atoms with van der Waals surface area (Å²) in [4.78, 5) is 3.19. The maximum Gasteiger partial charge on any atom is 0.400 e. The molecule has 5 nitrogen and oxygen atoms in total. The monoisotopic (exact) mass is 243 g/mol. The van der Waals surface area contributed by atoms with Crippen molar-refractivity contribution in [2.24, 2.45) is 0 Å². The zero-order valence-electron chi connectivity index (χ0n) is 7.07. The highest BCUT2D eigenvalue weighted by Gasteiger charge is 2.48. The van der Waals surface area contributed by atoms with Crippen LogP contribution in [0.5, 0.6) is 0 Å². The van der Waals surface area contributed by atoms with Gasteiger partial charge >= 0.3 is 4.59 Å². The van der Waals surface area contributed by atoms with E-state index in [9.17, 15) is 17.2 Å². The Balaban J connectivity index is 3.08. The smallest absolute Gasteiger partial charge is 0.250 e. The van der Waals surface area contributed by atoms with Gasteiger partial charge in [-0.1, -0.05) is 18.7 Å². The Kier molecular flexibility index (Phi) is 3.10. The fraction of sp³-hybridized carbons (Fsp3) is 0.600. The maximum absolute atomic E-state index is 13.1. The average molecular weight is 243 g/mol. The quantitative estimate of drug-likeness (QED) is 0.849. The predicted molar refractivity (Wildman–Crippen MR) is 46.6 cm³/mol. The third-order valence-electron chi connectivity index (χ3n) is 1.27. The van der Waals surface area contributed by atoms with E-state index in [0.717, 1.165) is 6.33 Å². The summed E-state index contributed by atoms with van der Waals surface area (Å²) in [6, 6.07) is 0. The lowest BCUT2D eigenvalue weighted by Crippen LogP contribution is -2.26. The minimum Gasteiger partial charge on any atom is -0.250 e. The van der Waals surface area contributed by atoms with Crippen LogP contribution in [0.15, 0.2) is 11.5 Å². The molecule has 0 bridgehead atoms. The van der Waals surface area contributed by atoms with Crippen molar-refractivity contribution in [2.75, 3.05) is 5.75 Å². The summed E-state index contributed by atoms with van der Waals surface area (Å²) in [5.74, 6) is -0.0135.